The van der Waals surface area contributed by atoms with Gasteiger partial charge in [0.1, 0.15) is 34.7 Å². The number of amides is 3. The Kier molecular flexibility index (Phi) is 14.2. The highest BCUT2D eigenvalue weighted by atomic mass is 19.1. The lowest BCUT2D eigenvalue weighted by molar-refractivity contribution is -0.144. The number of ether oxygens (including phenoxy) is 3. The standard InChI is InChI=1S/C42H54F2N4O7/c1-6-26(2)42(47-27(3)49)14-15-48(41(42)52)38(13-12-28-10-8-7-9-11-28)40(51)46-37(20-29-16-31(43)21-32(44)17-29)39(50)36-23-35(24-45-36)55-25-30-18-33(53-4)22-34(19-30)54-5/h7-11,16-19,21-22,26,35-39,45,50H,6,12-15,20,23-25H2,1-5H3,(H,46,51)(H,47,49)/t26?,35-,36-,37+,38+,39-,42+/m1/s1. The van der Waals surface area contributed by atoms with Crippen molar-refractivity contribution in [3.63, 3.8) is 0 Å². The number of benzene rings is 3. The van der Waals surface area contributed by atoms with Crippen LogP contribution in [0.1, 0.15) is 63.1 Å². The average molecular weight is 765 g/mol. The van der Waals surface area contributed by atoms with E-state index in [0.717, 1.165) is 17.2 Å². The molecule has 3 aromatic carbocycles. The van der Waals surface area contributed by atoms with E-state index in [1.54, 1.807) is 20.3 Å². The molecule has 2 fully saturated rings. The number of hydrogen-bond acceptors (Lipinski definition) is 8. The van der Waals surface area contributed by atoms with E-state index in [9.17, 15) is 28.3 Å². The van der Waals surface area contributed by atoms with Gasteiger partial charge in [0.15, 0.2) is 0 Å². The fraction of sp³-hybridized carbons (Fsp3) is 0.500. The SMILES string of the molecule is CCC(C)[C@@]1(NC(C)=O)CCN([C@@H](CCc2ccccc2)C(=O)N[C@@H](Cc2cc(F)cc(F)c2)[C@H](O)[C@H]2C[C@@H](OCc3cc(OC)cc(OC)c3)CN2)C1=O. The third kappa shape index (κ3) is 10.4. The molecule has 2 aliphatic rings. The van der Waals surface area contributed by atoms with Gasteiger partial charge in [-0.3, -0.25) is 14.4 Å². The van der Waals surface area contributed by atoms with Gasteiger partial charge in [0.25, 0.3) is 0 Å². The second-order valence-corrected chi connectivity index (χ2v) is 14.7. The van der Waals surface area contributed by atoms with Crippen molar-refractivity contribution >= 4 is 17.7 Å². The Labute approximate surface area is 322 Å². The topological polar surface area (TPSA) is 138 Å². The maximum Gasteiger partial charge on any atom is 0.249 e. The summed E-state index contributed by atoms with van der Waals surface area (Å²) in [5.74, 6) is -1.67. The minimum absolute atomic E-state index is 0.0864. The fourth-order valence-electron chi connectivity index (χ4n) is 7.88. The van der Waals surface area contributed by atoms with Crippen molar-refractivity contribution in [1.29, 1.82) is 0 Å². The second-order valence-electron chi connectivity index (χ2n) is 14.7. The molecular formula is C42H54F2N4O7. The highest BCUT2D eigenvalue weighted by molar-refractivity contribution is 5.96. The summed E-state index contributed by atoms with van der Waals surface area (Å²) in [4.78, 5) is 42.8. The average Bonchev–Trinajstić information content (AvgIpc) is 3.77. The van der Waals surface area contributed by atoms with Gasteiger partial charge in [-0.25, -0.2) is 8.78 Å². The van der Waals surface area contributed by atoms with Gasteiger partial charge >= 0.3 is 0 Å². The van der Waals surface area contributed by atoms with Gasteiger partial charge < -0.3 is 40.2 Å². The quantitative estimate of drug-likeness (QED) is 0.149. The number of likely N-dealkylation sites (tertiary alicyclic amines) is 1. The fourth-order valence-corrected chi connectivity index (χ4v) is 7.88. The van der Waals surface area contributed by atoms with Crippen LogP contribution in [0.2, 0.25) is 0 Å². The first kappa shape index (κ1) is 41.6. The number of hydrogen-bond donors (Lipinski definition) is 4. The monoisotopic (exact) mass is 764 g/mol. The van der Waals surface area contributed by atoms with Gasteiger partial charge in [0.05, 0.1) is 39.1 Å². The molecular weight excluding hydrogens is 710 g/mol. The molecule has 2 saturated heterocycles. The van der Waals surface area contributed by atoms with Gasteiger partial charge in [-0.2, -0.15) is 0 Å². The molecule has 3 amide bonds. The summed E-state index contributed by atoms with van der Waals surface area (Å²) in [5, 5.41) is 21.1. The first-order valence-corrected chi connectivity index (χ1v) is 19.0. The van der Waals surface area contributed by atoms with E-state index in [-0.39, 0.29) is 55.4 Å². The lowest BCUT2D eigenvalue weighted by Crippen LogP contribution is -2.61. The van der Waals surface area contributed by atoms with Crippen LogP contribution in [0.25, 0.3) is 0 Å². The van der Waals surface area contributed by atoms with E-state index in [1.165, 1.54) is 24.0 Å². The molecule has 0 aromatic heterocycles. The molecule has 0 spiro atoms. The van der Waals surface area contributed by atoms with Crippen molar-refractivity contribution < 1.29 is 42.5 Å². The highest BCUT2D eigenvalue weighted by Gasteiger charge is 2.53. The highest BCUT2D eigenvalue weighted by Crippen LogP contribution is 2.35. The van der Waals surface area contributed by atoms with Gasteiger partial charge in [0, 0.05) is 38.2 Å². The van der Waals surface area contributed by atoms with E-state index in [2.05, 4.69) is 16.0 Å². The molecule has 3 aromatic rings. The summed E-state index contributed by atoms with van der Waals surface area (Å²) >= 11 is 0. The Morgan fingerprint density at radius 3 is 2.29 bits per heavy atom. The number of methoxy groups -OCH3 is 2. The van der Waals surface area contributed by atoms with E-state index in [0.29, 0.717) is 43.7 Å². The maximum atomic E-state index is 14.5. The summed E-state index contributed by atoms with van der Waals surface area (Å²) in [6.45, 7) is 6.16. The first-order valence-electron chi connectivity index (χ1n) is 19.0. The Balaban J connectivity index is 1.38. The molecule has 0 bridgehead atoms. The summed E-state index contributed by atoms with van der Waals surface area (Å²) in [6.07, 6.45) is 0.518. The third-order valence-corrected chi connectivity index (χ3v) is 11.0. The number of aliphatic hydroxyl groups is 1. The van der Waals surface area contributed by atoms with Crippen LogP contribution in [-0.4, -0.2) is 90.9 Å². The number of rotatable bonds is 18. The van der Waals surface area contributed by atoms with E-state index in [1.807, 2.05) is 56.3 Å². The van der Waals surface area contributed by atoms with Crippen LogP contribution in [0, 0.1) is 17.6 Å². The van der Waals surface area contributed by atoms with Gasteiger partial charge in [-0.15, -0.1) is 0 Å². The van der Waals surface area contributed by atoms with Crippen molar-refractivity contribution in [2.75, 3.05) is 27.3 Å². The molecule has 298 valence electrons. The maximum absolute atomic E-state index is 14.5. The zero-order valence-corrected chi connectivity index (χ0v) is 32.3. The van der Waals surface area contributed by atoms with Crippen LogP contribution in [0.4, 0.5) is 8.78 Å². The number of carbonyl (C=O) groups excluding carboxylic acids is 3. The minimum atomic E-state index is -1.21. The van der Waals surface area contributed by atoms with Crippen LogP contribution >= 0.6 is 0 Å². The van der Waals surface area contributed by atoms with Crippen LogP contribution < -0.4 is 25.4 Å². The van der Waals surface area contributed by atoms with Crippen molar-refractivity contribution in [3.05, 3.63) is 95.1 Å². The summed E-state index contributed by atoms with van der Waals surface area (Å²) in [7, 11) is 3.14. The zero-order valence-electron chi connectivity index (χ0n) is 32.3. The smallest absolute Gasteiger partial charge is 0.249 e. The Hall–Kier alpha value is -4.59. The summed E-state index contributed by atoms with van der Waals surface area (Å²) < 4.78 is 45.7. The largest absolute Gasteiger partial charge is 0.497 e. The molecule has 2 aliphatic heterocycles. The molecule has 2 heterocycles. The number of aliphatic hydroxyl groups excluding tert-OH is 1. The molecule has 0 saturated carbocycles. The number of nitrogens with zero attached hydrogens (tertiary/aromatic N) is 1. The van der Waals surface area contributed by atoms with Gasteiger partial charge in [-0.05, 0) is 79.0 Å². The number of carbonyl (C=O) groups is 3. The molecule has 13 heteroatoms. The summed E-state index contributed by atoms with van der Waals surface area (Å²) in [5.41, 5.74) is 0.900. The van der Waals surface area contributed by atoms with Gasteiger partial charge in [0.2, 0.25) is 17.7 Å². The summed E-state index contributed by atoms with van der Waals surface area (Å²) in [6, 6.07) is 15.7. The molecule has 0 radical (unpaired) electrons. The lowest BCUT2D eigenvalue weighted by atomic mass is 9.81. The van der Waals surface area contributed by atoms with E-state index < -0.39 is 47.3 Å². The zero-order chi connectivity index (χ0) is 39.7. The lowest BCUT2D eigenvalue weighted by Gasteiger charge is -2.36. The molecule has 5 rings (SSSR count). The normalized spacial score (nSPS) is 21.8. The predicted molar refractivity (Wildman–Crippen MR) is 203 cm³/mol. The molecule has 7 atom stereocenters. The third-order valence-electron chi connectivity index (χ3n) is 11.0. The van der Waals surface area contributed by atoms with Crippen molar-refractivity contribution in [2.24, 2.45) is 5.92 Å². The van der Waals surface area contributed by atoms with Crippen molar-refractivity contribution in [3.8, 4) is 11.5 Å². The van der Waals surface area contributed by atoms with E-state index >= 15 is 0 Å². The molecule has 4 N–H and O–H groups in total. The Bertz CT molecular complexity index is 1740. The number of halogens is 2. The van der Waals surface area contributed by atoms with Crippen LogP contribution in [0.15, 0.2) is 66.7 Å². The van der Waals surface area contributed by atoms with Crippen molar-refractivity contribution in [2.45, 2.75) is 102 Å². The number of aryl methyl sites for hydroxylation is 1. The van der Waals surface area contributed by atoms with Crippen LogP contribution in [-0.2, 0) is 38.6 Å². The molecule has 0 aliphatic carbocycles. The number of nitrogens with one attached hydrogen (secondary N) is 3. The van der Waals surface area contributed by atoms with Crippen molar-refractivity contribution in [1.82, 2.24) is 20.9 Å². The molecule has 11 nitrogen and oxygen atoms in total. The Morgan fingerprint density at radius 2 is 1.67 bits per heavy atom. The van der Waals surface area contributed by atoms with Gasteiger partial charge in [-0.1, -0.05) is 50.6 Å². The van der Waals surface area contributed by atoms with Crippen LogP contribution in [0.5, 0.6) is 11.5 Å². The molecule has 1 unspecified atom stereocenters. The Morgan fingerprint density at radius 1 is 1.00 bits per heavy atom. The van der Waals surface area contributed by atoms with Crippen LogP contribution in [0.3, 0.4) is 0 Å². The van der Waals surface area contributed by atoms with E-state index in [4.69, 9.17) is 14.2 Å². The first-order chi connectivity index (χ1) is 26.3. The second kappa shape index (κ2) is 18.8. The predicted octanol–water partition coefficient (Wildman–Crippen LogP) is 4.47. The minimum Gasteiger partial charge on any atom is -0.497 e. The molecule has 55 heavy (non-hydrogen) atoms.